The highest BCUT2D eigenvalue weighted by molar-refractivity contribution is 14.1. The van der Waals surface area contributed by atoms with Crippen molar-refractivity contribution in [1.82, 2.24) is 0 Å². The van der Waals surface area contributed by atoms with Crippen molar-refractivity contribution >= 4 is 59.9 Å². The van der Waals surface area contributed by atoms with Crippen LogP contribution in [0.15, 0.2) is 17.5 Å². The van der Waals surface area contributed by atoms with E-state index in [-0.39, 0.29) is 0 Å². The summed E-state index contributed by atoms with van der Waals surface area (Å²) in [5.41, 5.74) is 2.01. The molecule has 0 aliphatic carbocycles. The van der Waals surface area contributed by atoms with Crippen LogP contribution in [0.1, 0.15) is 11.1 Å². The number of nitrogens with zero attached hydrogens (tertiary/aromatic N) is 1. The number of alkyl halides is 1. The van der Waals surface area contributed by atoms with Crippen LogP contribution in [0.3, 0.4) is 0 Å². The van der Waals surface area contributed by atoms with Crippen molar-refractivity contribution in [2.45, 2.75) is 5.33 Å². The van der Waals surface area contributed by atoms with Crippen molar-refractivity contribution in [1.29, 1.82) is 5.26 Å². The molecule has 0 atom stereocenters. The zero-order valence-corrected chi connectivity index (χ0v) is 11.6. The van der Waals surface area contributed by atoms with Crippen LogP contribution in [0, 0.1) is 14.9 Å². The van der Waals surface area contributed by atoms with Crippen LogP contribution >= 0.6 is 49.9 Å². The van der Waals surface area contributed by atoms with Crippen LogP contribution in [-0.4, -0.2) is 0 Å². The number of benzene rings is 1. The van der Waals surface area contributed by atoms with E-state index < -0.39 is 0 Å². The first-order chi connectivity index (χ1) is 6.77. The summed E-state index contributed by atoms with van der Waals surface area (Å²) in [5, 5.41) is 12.8. The third-order valence-electron chi connectivity index (χ3n) is 2.04. The second-order valence-corrected chi connectivity index (χ2v) is 5.43. The lowest BCUT2D eigenvalue weighted by molar-refractivity contribution is 1.44. The Morgan fingerprint density at radius 3 is 2.93 bits per heavy atom. The van der Waals surface area contributed by atoms with Gasteiger partial charge in [0.2, 0.25) is 0 Å². The Bertz CT molecular complexity index is 527. The normalized spacial score (nSPS) is 10.4. The van der Waals surface area contributed by atoms with Gasteiger partial charge in [0.15, 0.2) is 0 Å². The molecule has 2 aromatic rings. The van der Waals surface area contributed by atoms with Gasteiger partial charge in [0.05, 0.1) is 5.56 Å². The molecule has 1 aromatic heterocycles. The maximum atomic E-state index is 8.97. The van der Waals surface area contributed by atoms with Crippen LogP contribution in [0.25, 0.3) is 10.1 Å². The van der Waals surface area contributed by atoms with Gasteiger partial charge in [0.25, 0.3) is 0 Å². The Kier molecular flexibility index (Phi) is 3.10. The van der Waals surface area contributed by atoms with E-state index in [4.69, 9.17) is 5.26 Å². The molecule has 14 heavy (non-hydrogen) atoms. The molecule has 1 aromatic carbocycles. The summed E-state index contributed by atoms with van der Waals surface area (Å²) in [4.78, 5) is 0. The number of hydrogen-bond acceptors (Lipinski definition) is 2. The maximum Gasteiger partial charge on any atom is 0.101 e. The van der Waals surface area contributed by atoms with Gasteiger partial charge < -0.3 is 0 Å². The third-order valence-corrected chi connectivity index (χ3v) is 4.56. The Balaban J connectivity index is 2.90. The first-order valence-electron chi connectivity index (χ1n) is 3.92. The zero-order valence-electron chi connectivity index (χ0n) is 7.05. The van der Waals surface area contributed by atoms with E-state index >= 15 is 0 Å². The Labute approximate surface area is 108 Å². The fourth-order valence-electron chi connectivity index (χ4n) is 1.39. The van der Waals surface area contributed by atoms with Crippen molar-refractivity contribution in [2.24, 2.45) is 0 Å². The summed E-state index contributed by atoms with van der Waals surface area (Å²) in [7, 11) is 0. The highest BCUT2D eigenvalue weighted by atomic mass is 127. The number of thiophene rings is 1. The number of rotatable bonds is 1. The first kappa shape index (κ1) is 10.4. The predicted octanol–water partition coefficient (Wildman–Crippen LogP) is 4.27. The summed E-state index contributed by atoms with van der Waals surface area (Å²) < 4.78 is 2.40. The molecule has 0 unspecified atom stereocenters. The average Bonchev–Trinajstić information content (AvgIpc) is 2.61. The lowest BCUT2D eigenvalue weighted by Gasteiger charge is -2.02. The quantitative estimate of drug-likeness (QED) is 0.537. The molecule has 4 heteroatoms. The second kappa shape index (κ2) is 4.17. The first-order valence-corrected chi connectivity index (χ1v) is 7.00. The lowest BCUT2D eigenvalue weighted by atomic mass is 10.1. The molecule has 1 nitrogen and oxygen atoms in total. The van der Waals surface area contributed by atoms with Gasteiger partial charge in [-0.1, -0.05) is 15.9 Å². The van der Waals surface area contributed by atoms with Crippen LogP contribution in [0.4, 0.5) is 0 Å². The SMILES string of the molecule is N#Cc1csc2ccc(I)c(CBr)c12. The molecule has 0 saturated carbocycles. The predicted molar refractivity (Wildman–Crippen MR) is 71.9 cm³/mol. The maximum absolute atomic E-state index is 8.97. The van der Waals surface area contributed by atoms with Gasteiger partial charge in [0.1, 0.15) is 6.07 Å². The molecule has 0 bridgehead atoms. The van der Waals surface area contributed by atoms with E-state index in [2.05, 4.69) is 56.7 Å². The highest BCUT2D eigenvalue weighted by Gasteiger charge is 2.10. The minimum absolute atomic E-state index is 0.790. The summed E-state index contributed by atoms with van der Waals surface area (Å²) in [6.45, 7) is 0. The van der Waals surface area contributed by atoms with E-state index in [0.717, 1.165) is 16.3 Å². The minimum Gasteiger partial charge on any atom is -0.192 e. The van der Waals surface area contributed by atoms with Gasteiger partial charge >= 0.3 is 0 Å². The standard InChI is InChI=1S/C10H5BrINS/c11-3-7-8(12)1-2-9-10(7)6(4-13)5-14-9/h1-2,5H,3H2. The smallest absolute Gasteiger partial charge is 0.101 e. The van der Waals surface area contributed by atoms with Gasteiger partial charge in [-0.2, -0.15) is 5.26 Å². The van der Waals surface area contributed by atoms with Crippen molar-refractivity contribution < 1.29 is 0 Å². The number of halogens is 2. The molecular weight excluding hydrogens is 373 g/mol. The van der Waals surface area contributed by atoms with E-state index in [1.807, 2.05) is 5.38 Å². The van der Waals surface area contributed by atoms with E-state index in [1.165, 1.54) is 13.8 Å². The van der Waals surface area contributed by atoms with Crippen molar-refractivity contribution in [3.8, 4) is 6.07 Å². The molecule has 0 N–H and O–H groups in total. The lowest BCUT2D eigenvalue weighted by Crippen LogP contribution is -1.86. The average molecular weight is 378 g/mol. The summed E-state index contributed by atoms with van der Waals surface area (Å²) >= 11 is 7.40. The van der Waals surface area contributed by atoms with E-state index in [9.17, 15) is 0 Å². The minimum atomic E-state index is 0.790. The number of fused-ring (bicyclic) bond motifs is 1. The summed E-state index contributed by atoms with van der Waals surface area (Å²) in [6.07, 6.45) is 0. The Hall–Kier alpha value is -0.120. The molecule has 0 radical (unpaired) electrons. The van der Waals surface area contributed by atoms with E-state index in [1.54, 1.807) is 11.3 Å². The molecule has 0 spiro atoms. The molecule has 0 fully saturated rings. The van der Waals surface area contributed by atoms with Crippen molar-refractivity contribution in [3.05, 3.63) is 32.2 Å². The molecule has 0 aliphatic heterocycles. The summed E-state index contributed by atoms with van der Waals surface area (Å²) in [6, 6.07) is 6.41. The fraction of sp³-hybridized carbons (Fsp3) is 0.100. The molecule has 0 amide bonds. The van der Waals surface area contributed by atoms with Crippen LogP contribution in [-0.2, 0) is 5.33 Å². The van der Waals surface area contributed by atoms with Crippen molar-refractivity contribution in [2.75, 3.05) is 0 Å². The van der Waals surface area contributed by atoms with Gasteiger partial charge in [-0.05, 0) is 40.3 Å². The van der Waals surface area contributed by atoms with Gasteiger partial charge in [0, 0.05) is 24.4 Å². The van der Waals surface area contributed by atoms with Crippen LogP contribution in [0.2, 0.25) is 0 Å². The summed E-state index contributed by atoms with van der Waals surface area (Å²) in [5.74, 6) is 0. The number of hydrogen-bond donors (Lipinski definition) is 0. The van der Waals surface area contributed by atoms with Crippen molar-refractivity contribution in [3.63, 3.8) is 0 Å². The Morgan fingerprint density at radius 1 is 1.50 bits per heavy atom. The second-order valence-electron chi connectivity index (χ2n) is 2.79. The molecule has 70 valence electrons. The van der Waals surface area contributed by atoms with E-state index in [0.29, 0.717) is 0 Å². The molecular formula is C10H5BrINS. The molecule has 1 heterocycles. The Morgan fingerprint density at radius 2 is 2.29 bits per heavy atom. The van der Waals surface area contributed by atoms with Gasteiger partial charge in [-0.15, -0.1) is 11.3 Å². The molecule has 0 aliphatic rings. The molecule has 2 rings (SSSR count). The topological polar surface area (TPSA) is 23.8 Å². The fourth-order valence-corrected chi connectivity index (χ4v) is 4.05. The van der Waals surface area contributed by atoms with Crippen LogP contribution in [0.5, 0.6) is 0 Å². The number of nitriles is 1. The zero-order chi connectivity index (χ0) is 10.1. The third kappa shape index (κ3) is 1.58. The van der Waals surface area contributed by atoms with Gasteiger partial charge in [-0.25, -0.2) is 0 Å². The molecule has 0 saturated heterocycles. The van der Waals surface area contributed by atoms with Gasteiger partial charge in [-0.3, -0.25) is 0 Å². The monoisotopic (exact) mass is 377 g/mol. The van der Waals surface area contributed by atoms with Crippen LogP contribution < -0.4 is 0 Å². The highest BCUT2D eigenvalue weighted by Crippen LogP contribution is 2.32. The largest absolute Gasteiger partial charge is 0.192 e.